The van der Waals surface area contributed by atoms with Gasteiger partial charge in [0, 0.05) is 10.2 Å². The smallest absolute Gasteiger partial charge is 0.113 e. The first-order valence-corrected chi connectivity index (χ1v) is 7.27. The monoisotopic (exact) mass is 318 g/mol. The lowest BCUT2D eigenvalue weighted by Crippen LogP contribution is -1.99. The van der Waals surface area contributed by atoms with Crippen LogP contribution in [0.1, 0.15) is 5.01 Å². The molecule has 0 bridgehead atoms. The number of thiazole rings is 1. The number of nitrogens with one attached hydrogen (secondary N) is 1. The second-order valence-corrected chi connectivity index (χ2v) is 5.88. The SMILES string of the molecule is Brc1ccccc1NCc1nc2ccccc2s1. The third-order valence-electron chi connectivity index (χ3n) is 2.64. The van der Waals surface area contributed by atoms with E-state index in [1.54, 1.807) is 11.3 Å². The molecule has 3 rings (SSSR count). The first-order valence-electron chi connectivity index (χ1n) is 5.66. The number of nitrogens with zero attached hydrogens (tertiary/aromatic N) is 1. The molecule has 0 aliphatic carbocycles. The fourth-order valence-electron chi connectivity index (χ4n) is 1.77. The third-order valence-corrected chi connectivity index (χ3v) is 4.37. The van der Waals surface area contributed by atoms with Gasteiger partial charge < -0.3 is 5.32 Å². The Kier molecular flexibility index (Phi) is 3.30. The summed E-state index contributed by atoms with van der Waals surface area (Å²) in [5, 5.41) is 4.49. The number of fused-ring (bicyclic) bond motifs is 1. The van der Waals surface area contributed by atoms with Crippen molar-refractivity contribution in [1.82, 2.24) is 4.98 Å². The molecule has 90 valence electrons. The molecule has 0 amide bonds. The molecule has 2 nitrogen and oxygen atoms in total. The van der Waals surface area contributed by atoms with E-state index in [-0.39, 0.29) is 0 Å². The Labute approximate surface area is 118 Å². The van der Waals surface area contributed by atoms with E-state index in [1.807, 2.05) is 36.4 Å². The van der Waals surface area contributed by atoms with Gasteiger partial charge in [-0.1, -0.05) is 24.3 Å². The van der Waals surface area contributed by atoms with Crippen LogP contribution in [0.2, 0.25) is 0 Å². The van der Waals surface area contributed by atoms with Crippen molar-refractivity contribution in [2.24, 2.45) is 0 Å². The van der Waals surface area contributed by atoms with Crippen LogP contribution < -0.4 is 5.32 Å². The number of para-hydroxylation sites is 2. The molecule has 4 heteroatoms. The summed E-state index contributed by atoms with van der Waals surface area (Å²) in [5.74, 6) is 0. The lowest BCUT2D eigenvalue weighted by molar-refractivity contribution is 1.12. The molecule has 2 aromatic carbocycles. The summed E-state index contributed by atoms with van der Waals surface area (Å²) in [4.78, 5) is 4.60. The van der Waals surface area contributed by atoms with Crippen LogP contribution in [0.25, 0.3) is 10.2 Å². The molecule has 1 heterocycles. The second kappa shape index (κ2) is 5.08. The van der Waals surface area contributed by atoms with Gasteiger partial charge in [-0.15, -0.1) is 11.3 Å². The summed E-state index contributed by atoms with van der Waals surface area (Å²) in [6.45, 7) is 0.752. The van der Waals surface area contributed by atoms with E-state index in [9.17, 15) is 0 Å². The van der Waals surface area contributed by atoms with Gasteiger partial charge in [-0.2, -0.15) is 0 Å². The quantitative estimate of drug-likeness (QED) is 0.759. The summed E-state index contributed by atoms with van der Waals surface area (Å²) >= 11 is 5.26. The van der Waals surface area contributed by atoms with Gasteiger partial charge in [-0.05, 0) is 40.2 Å². The van der Waals surface area contributed by atoms with Gasteiger partial charge in [-0.25, -0.2) is 4.98 Å². The number of halogens is 1. The van der Waals surface area contributed by atoms with Gasteiger partial charge in [0.25, 0.3) is 0 Å². The molecule has 0 aliphatic heterocycles. The summed E-state index contributed by atoms with van der Waals surface area (Å²) in [6.07, 6.45) is 0. The fourth-order valence-corrected chi connectivity index (χ4v) is 3.10. The maximum atomic E-state index is 4.60. The fraction of sp³-hybridized carbons (Fsp3) is 0.0714. The van der Waals surface area contributed by atoms with E-state index in [2.05, 4.69) is 38.4 Å². The average molecular weight is 319 g/mol. The minimum Gasteiger partial charge on any atom is -0.378 e. The van der Waals surface area contributed by atoms with Crippen LogP contribution in [0.15, 0.2) is 53.0 Å². The number of rotatable bonds is 3. The van der Waals surface area contributed by atoms with Crippen LogP contribution in [0.3, 0.4) is 0 Å². The molecule has 0 unspecified atom stereocenters. The molecule has 0 fully saturated rings. The van der Waals surface area contributed by atoms with Crippen molar-refractivity contribution in [2.45, 2.75) is 6.54 Å². The van der Waals surface area contributed by atoms with Crippen molar-refractivity contribution in [1.29, 1.82) is 0 Å². The Bertz CT molecular complexity index is 645. The van der Waals surface area contributed by atoms with E-state index in [0.29, 0.717) is 0 Å². The highest BCUT2D eigenvalue weighted by Crippen LogP contribution is 2.25. The largest absolute Gasteiger partial charge is 0.378 e. The van der Waals surface area contributed by atoms with E-state index >= 15 is 0 Å². The average Bonchev–Trinajstić information content (AvgIpc) is 2.80. The second-order valence-electron chi connectivity index (χ2n) is 3.91. The number of benzene rings is 2. The van der Waals surface area contributed by atoms with Crippen molar-refractivity contribution < 1.29 is 0 Å². The normalized spacial score (nSPS) is 10.7. The summed E-state index contributed by atoms with van der Waals surface area (Å²) in [7, 11) is 0. The number of hydrogen-bond acceptors (Lipinski definition) is 3. The first kappa shape index (κ1) is 11.7. The minimum atomic E-state index is 0.752. The van der Waals surface area contributed by atoms with Crippen molar-refractivity contribution >= 4 is 43.2 Å². The van der Waals surface area contributed by atoms with Crippen molar-refractivity contribution in [3.05, 3.63) is 58.0 Å². The highest BCUT2D eigenvalue weighted by atomic mass is 79.9. The molecule has 3 aromatic rings. The summed E-state index contributed by atoms with van der Waals surface area (Å²) in [6, 6.07) is 16.3. The lowest BCUT2D eigenvalue weighted by Gasteiger charge is -2.05. The highest BCUT2D eigenvalue weighted by molar-refractivity contribution is 9.10. The molecular formula is C14H11BrN2S. The number of aromatic nitrogens is 1. The lowest BCUT2D eigenvalue weighted by atomic mass is 10.3. The Morgan fingerprint density at radius 2 is 1.83 bits per heavy atom. The topological polar surface area (TPSA) is 24.9 Å². The molecule has 0 saturated carbocycles. The van der Waals surface area contributed by atoms with Crippen molar-refractivity contribution in [3.8, 4) is 0 Å². The first-order chi connectivity index (χ1) is 8.83. The van der Waals surface area contributed by atoms with E-state index in [4.69, 9.17) is 0 Å². The molecule has 0 aliphatic rings. The third kappa shape index (κ3) is 2.40. The Hall–Kier alpha value is -1.39. The number of hydrogen-bond donors (Lipinski definition) is 1. The van der Waals surface area contributed by atoms with Gasteiger partial charge in [0.15, 0.2) is 0 Å². The minimum absolute atomic E-state index is 0.752. The summed E-state index contributed by atoms with van der Waals surface area (Å²) < 4.78 is 2.31. The Morgan fingerprint density at radius 3 is 2.67 bits per heavy atom. The zero-order chi connectivity index (χ0) is 12.4. The molecular weight excluding hydrogens is 308 g/mol. The van der Waals surface area contributed by atoms with Crippen LogP contribution in [-0.2, 0) is 6.54 Å². The van der Waals surface area contributed by atoms with Crippen molar-refractivity contribution in [2.75, 3.05) is 5.32 Å². The van der Waals surface area contributed by atoms with Gasteiger partial charge in [0.2, 0.25) is 0 Å². The molecule has 1 N–H and O–H groups in total. The maximum absolute atomic E-state index is 4.60. The molecule has 0 radical (unpaired) electrons. The van der Waals surface area contributed by atoms with Crippen molar-refractivity contribution in [3.63, 3.8) is 0 Å². The van der Waals surface area contributed by atoms with Crippen LogP contribution in [0.5, 0.6) is 0 Å². The standard InChI is InChI=1S/C14H11BrN2S/c15-10-5-1-2-6-11(10)16-9-14-17-12-7-3-4-8-13(12)18-14/h1-8,16H,9H2. The zero-order valence-corrected chi connectivity index (χ0v) is 12.0. The van der Waals surface area contributed by atoms with Crippen LogP contribution in [-0.4, -0.2) is 4.98 Å². The maximum Gasteiger partial charge on any atom is 0.113 e. The van der Waals surface area contributed by atoms with Crippen LogP contribution in [0, 0.1) is 0 Å². The van der Waals surface area contributed by atoms with E-state index in [0.717, 1.165) is 27.2 Å². The van der Waals surface area contributed by atoms with Gasteiger partial charge >= 0.3 is 0 Å². The van der Waals surface area contributed by atoms with Gasteiger partial charge in [0.1, 0.15) is 5.01 Å². The Balaban J connectivity index is 1.79. The molecule has 1 aromatic heterocycles. The van der Waals surface area contributed by atoms with Crippen LogP contribution in [0.4, 0.5) is 5.69 Å². The molecule has 0 saturated heterocycles. The molecule has 18 heavy (non-hydrogen) atoms. The molecule has 0 spiro atoms. The Morgan fingerprint density at radius 1 is 1.06 bits per heavy atom. The summed E-state index contributed by atoms with van der Waals surface area (Å²) in [5.41, 5.74) is 2.17. The predicted octanol–water partition coefficient (Wildman–Crippen LogP) is 4.67. The van der Waals surface area contributed by atoms with Gasteiger partial charge in [0.05, 0.1) is 16.8 Å². The van der Waals surface area contributed by atoms with E-state index in [1.165, 1.54) is 4.70 Å². The highest BCUT2D eigenvalue weighted by Gasteiger charge is 2.03. The van der Waals surface area contributed by atoms with Crippen LogP contribution >= 0.6 is 27.3 Å². The van der Waals surface area contributed by atoms with E-state index < -0.39 is 0 Å². The number of anilines is 1. The molecule has 0 atom stereocenters. The van der Waals surface area contributed by atoms with Gasteiger partial charge in [-0.3, -0.25) is 0 Å². The zero-order valence-electron chi connectivity index (χ0n) is 9.56. The predicted molar refractivity (Wildman–Crippen MR) is 81.1 cm³/mol.